The molecular weight excluding hydrogens is 250 g/mol. The van der Waals surface area contributed by atoms with Crippen molar-refractivity contribution in [1.82, 2.24) is 15.1 Å². The minimum atomic E-state index is -0.0320. The zero-order valence-corrected chi connectivity index (χ0v) is 11.7. The van der Waals surface area contributed by atoms with Crippen LogP contribution in [0.4, 0.5) is 0 Å². The van der Waals surface area contributed by atoms with E-state index in [1.807, 2.05) is 19.9 Å². The fourth-order valence-corrected chi connectivity index (χ4v) is 2.87. The van der Waals surface area contributed by atoms with Gasteiger partial charge in [-0.05, 0) is 45.1 Å². The van der Waals surface area contributed by atoms with Gasteiger partial charge in [0.25, 0.3) is 5.91 Å². The maximum atomic E-state index is 12.1. The lowest BCUT2D eigenvalue weighted by Crippen LogP contribution is -2.30. The van der Waals surface area contributed by atoms with Crippen LogP contribution in [0.3, 0.4) is 0 Å². The summed E-state index contributed by atoms with van der Waals surface area (Å²) < 4.78 is 1.74. The molecule has 1 heterocycles. The smallest absolute Gasteiger partial charge is 0.269 e. The summed E-state index contributed by atoms with van der Waals surface area (Å²) in [6.45, 7) is 5.32. The van der Waals surface area contributed by atoms with Gasteiger partial charge in [-0.2, -0.15) is 5.10 Å². The maximum absolute atomic E-state index is 12.1. The van der Waals surface area contributed by atoms with Crippen molar-refractivity contribution < 1.29 is 4.79 Å². The van der Waals surface area contributed by atoms with E-state index in [1.165, 1.54) is 0 Å². The molecule has 1 amide bonds. The van der Waals surface area contributed by atoms with E-state index in [9.17, 15) is 4.79 Å². The molecule has 0 saturated heterocycles. The van der Waals surface area contributed by atoms with Crippen molar-refractivity contribution in [3.63, 3.8) is 0 Å². The van der Waals surface area contributed by atoms with E-state index in [-0.39, 0.29) is 11.3 Å². The summed E-state index contributed by atoms with van der Waals surface area (Å²) in [4.78, 5) is 12.1. The third-order valence-corrected chi connectivity index (χ3v) is 3.86. The summed E-state index contributed by atoms with van der Waals surface area (Å²) in [6, 6.07) is 1.83. The average Bonchev–Trinajstić information content (AvgIpc) is 2.92. The van der Waals surface area contributed by atoms with Crippen LogP contribution in [0.15, 0.2) is 6.07 Å². The highest BCUT2D eigenvalue weighted by Gasteiger charge is 2.23. The van der Waals surface area contributed by atoms with E-state index in [1.54, 1.807) is 4.68 Å². The minimum Gasteiger partial charge on any atom is -0.350 e. The van der Waals surface area contributed by atoms with Gasteiger partial charge in [0.1, 0.15) is 5.69 Å². The van der Waals surface area contributed by atoms with Crippen molar-refractivity contribution in [2.24, 2.45) is 5.92 Å². The van der Waals surface area contributed by atoms with Crippen LogP contribution in [-0.2, 0) is 6.54 Å². The number of halogens is 1. The van der Waals surface area contributed by atoms with E-state index in [0.29, 0.717) is 18.2 Å². The molecule has 1 aromatic heterocycles. The normalized spacial score (nSPS) is 23.3. The molecule has 2 rings (SSSR count). The number of rotatable bonds is 4. The molecule has 0 bridgehead atoms. The molecule has 4 nitrogen and oxygen atoms in total. The van der Waals surface area contributed by atoms with Crippen LogP contribution < -0.4 is 5.32 Å². The standard InChI is InChI=1S/C13H20ClN3O/c1-3-17-12(6-9(2)16-17)13(18)15-8-10-4-5-11(14)7-10/h6,10-11H,3-5,7-8H2,1-2H3,(H,15,18). The fourth-order valence-electron chi connectivity index (χ4n) is 2.50. The van der Waals surface area contributed by atoms with Crippen molar-refractivity contribution in [2.75, 3.05) is 6.54 Å². The Kier molecular flexibility index (Phi) is 4.27. The first kappa shape index (κ1) is 13.4. The Morgan fingerprint density at radius 3 is 3.00 bits per heavy atom. The number of aryl methyl sites for hydroxylation is 2. The van der Waals surface area contributed by atoms with Crippen molar-refractivity contribution in [3.05, 3.63) is 17.5 Å². The van der Waals surface area contributed by atoms with Crippen LogP contribution in [0.1, 0.15) is 42.4 Å². The monoisotopic (exact) mass is 269 g/mol. The van der Waals surface area contributed by atoms with E-state index in [0.717, 1.165) is 31.5 Å². The first-order chi connectivity index (χ1) is 8.60. The predicted octanol–water partition coefficient (Wildman–Crippen LogP) is 2.35. The Balaban J connectivity index is 1.91. The van der Waals surface area contributed by atoms with Crippen LogP contribution in [-0.4, -0.2) is 27.6 Å². The fraction of sp³-hybridized carbons (Fsp3) is 0.692. The number of nitrogens with zero attached hydrogens (tertiary/aromatic N) is 2. The molecule has 0 radical (unpaired) electrons. The summed E-state index contributed by atoms with van der Waals surface area (Å²) >= 11 is 6.06. The number of hydrogen-bond acceptors (Lipinski definition) is 2. The highest BCUT2D eigenvalue weighted by atomic mass is 35.5. The molecule has 1 fully saturated rings. The van der Waals surface area contributed by atoms with Gasteiger partial charge in [-0.1, -0.05) is 0 Å². The molecule has 2 atom stereocenters. The van der Waals surface area contributed by atoms with Gasteiger partial charge in [0.05, 0.1) is 5.69 Å². The lowest BCUT2D eigenvalue weighted by Gasteiger charge is -2.11. The van der Waals surface area contributed by atoms with E-state index >= 15 is 0 Å². The third kappa shape index (κ3) is 3.05. The van der Waals surface area contributed by atoms with Crippen molar-refractivity contribution >= 4 is 17.5 Å². The number of amides is 1. The zero-order valence-electron chi connectivity index (χ0n) is 10.9. The molecule has 1 aliphatic rings. The van der Waals surface area contributed by atoms with Gasteiger partial charge in [-0.3, -0.25) is 9.48 Å². The Labute approximate surface area is 113 Å². The van der Waals surface area contributed by atoms with Gasteiger partial charge in [0.2, 0.25) is 0 Å². The second kappa shape index (κ2) is 5.74. The molecule has 0 spiro atoms. The summed E-state index contributed by atoms with van der Waals surface area (Å²) in [7, 11) is 0. The number of nitrogens with one attached hydrogen (secondary N) is 1. The lowest BCUT2D eigenvalue weighted by molar-refractivity contribution is 0.0936. The second-order valence-electron chi connectivity index (χ2n) is 4.97. The summed E-state index contributed by atoms with van der Waals surface area (Å²) in [5.74, 6) is 0.492. The largest absolute Gasteiger partial charge is 0.350 e. The van der Waals surface area contributed by atoms with Gasteiger partial charge in [0, 0.05) is 18.5 Å². The van der Waals surface area contributed by atoms with E-state index < -0.39 is 0 Å². The molecule has 2 unspecified atom stereocenters. The van der Waals surface area contributed by atoms with Gasteiger partial charge >= 0.3 is 0 Å². The third-order valence-electron chi connectivity index (χ3n) is 3.46. The number of hydrogen-bond donors (Lipinski definition) is 1. The van der Waals surface area contributed by atoms with Crippen LogP contribution in [0.2, 0.25) is 0 Å². The second-order valence-corrected chi connectivity index (χ2v) is 5.59. The van der Waals surface area contributed by atoms with Crippen LogP contribution in [0, 0.1) is 12.8 Å². The van der Waals surface area contributed by atoms with Crippen LogP contribution >= 0.6 is 11.6 Å². The van der Waals surface area contributed by atoms with Crippen molar-refractivity contribution in [3.8, 4) is 0 Å². The highest BCUT2D eigenvalue weighted by molar-refractivity contribution is 6.20. The van der Waals surface area contributed by atoms with Crippen LogP contribution in [0.25, 0.3) is 0 Å². The summed E-state index contributed by atoms with van der Waals surface area (Å²) in [5.41, 5.74) is 1.53. The van der Waals surface area contributed by atoms with Gasteiger partial charge in [-0.25, -0.2) is 0 Å². The molecule has 1 aromatic rings. The summed E-state index contributed by atoms with van der Waals surface area (Å²) in [5, 5.41) is 7.56. The van der Waals surface area contributed by atoms with Gasteiger partial charge < -0.3 is 5.32 Å². The molecule has 0 aromatic carbocycles. The maximum Gasteiger partial charge on any atom is 0.269 e. The zero-order chi connectivity index (χ0) is 13.1. The van der Waals surface area contributed by atoms with Crippen molar-refractivity contribution in [1.29, 1.82) is 0 Å². The lowest BCUT2D eigenvalue weighted by atomic mass is 10.1. The molecule has 1 N–H and O–H groups in total. The summed E-state index contributed by atoms with van der Waals surface area (Å²) in [6.07, 6.45) is 3.18. The molecule has 0 aliphatic heterocycles. The van der Waals surface area contributed by atoms with Crippen LogP contribution in [0.5, 0.6) is 0 Å². The van der Waals surface area contributed by atoms with E-state index in [2.05, 4.69) is 10.4 Å². The number of carbonyl (C=O) groups excluding carboxylic acids is 1. The van der Waals surface area contributed by atoms with E-state index in [4.69, 9.17) is 11.6 Å². The number of aromatic nitrogens is 2. The minimum absolute atomic E-state index is 0.0320. The van der Waals surface area contributed by atoms with Gasteiger partial charge in [-0.15, -0.1) is 11.6 Å². The van der Waals surface area contributed by atoms with Crippen molar-refractivity contribution in [2.45, 2.75) is 45.0 Å². The quantitative estimate of drug-likeness (QED) is 0.853. The average molecular weight is 270 g/mol. The molecule has 1 aliphatic carbocycles. The molecule has 18 heavy (non-hydrogen) atoms. The highest BCUT2D eigenvalue weighted by Crippen LogP contribution is 2.28. The molecule has 5 heteroatoms. The Morgan fingerprint density at radius 2 is 2.39 bits per heavy atom. The SMILES string of the molecule is CCn1nc(C)cc1C(=O)NCC1CCC(Cl)C1. The predicted molar refractivity (Wildman–Crippen MR) is 72.0 cm³/mol. The molecule has 1 saturated carbocycles. The Hall–Kier alpha value is -1.03. The Morgan fingerprint density at radius 1 is 1.61 bits per heavy atom. The molecule has 100 valence electrons. The van der Waals surface area contributed by atoms with Gasteiger partial charge in [0.15, 0.2) is 0 Å². The Bertz CT molecular complexity index is 430. The first-order valence-corrected chi connectivity index (χ1v) is 7.00. The molecular formula is C13H20ClN3O. The first-order valence-electron chi connectivity index (χ1n) is 6.57. The number of carbonyl (C=O) groups is 1. The number of alkyl halides is 1. The topological polar surface area (TPSA) is 46.9 Å².